The van der Waals surface area contributed by atoms with Crippen LogP contribution in [0, 0.1) is 5.92 Å². The highest BCUT2D eigenvalue weighted by molar-refractivity contribution is 7.99. The minimum Gasteiger partial charge on any atom is -0.388 e. The Labute approximate surface area is 170 Å². The molecule has 4 N–H and O–H groups in total. The average molecular weight is 425 g/mol. The Kier molecular flexibility index (Phi) is 8.67. The van der Waals surface area contributed by atoms with E-state index in [4.69, 9.17) is 16.3 Å². The number of alkyl halides is 1. The number of aliphatic hydroxyl groups excluding tert-OH is 3. The van der Waals surface area contributed by atoms with Gasteiger partial charge in [0, 0.05) is 6.54 Å². The summed E-state index contributed by atoms with van der Waals surface area (Å²) in [5, 5.41) is 33.0. The van der Waals surface area contributed by atoms with E-state index in [1.165, 1.54) is 11.8 Å². The lowest BCUT2D eigenvalue weighted by atomic mass is 9.92. The zero-order valence-electron chi connectivity index (χ0n) is 16.4. The molecule has 27 heavy (non-hydrogen) atoms. The Balaban J connectivity index is 2.09. The first-order valence-corrected chi connectivity index (χ1v) is 11.3. The van der Waals surface area contributed by atoms with E-state index < -0.39 is 41.3 Å². The maximum absolute atomic E-state index is 12.9. The van der Waals surface area contributed by atoms with E-state index >= 15 is 0 Å². The van der Waals surface area contributed by atoms with Gasteiger partial charge < -0.3 is 25.4 Å². The number of likely N-dealkylation sites (tertiary alicyclic amines) is 1. The van der Waals surface area contributed by atoms with Crippen molar-refractivity contribution in [2.45, 2.75) is 80.4 Å². The maximum Gasteiger partial charge on any atom is 0.237 e. The predicted molar refractivity (Wildman–Crippen MR) is 107 cm³/mol. The second kappa shape index (κ2) is 10.1. The largest absolute Gasteiger partial charge is 0.388 e. The van der Waals surface area contributed by atoms with Crippen molar-refractivity contribution >= 4 is 29.3 Å². The van der Waals surface area contributed by atoms with Crippen LogP contribution in [0.25, 0.3) is 0 Å². The van der Waals surface area contributed by atoms with Gasteiger partial charge in [0.25, 0.3) is 0 Å². The molecule has 0 radical (unpaired) electrons. The summed E-state index contributed by atoms with van der Waals surface area (Å²) in [6, 6.07) is -0.934. The van der Waals surface area contributed by atoms with Gasteiger partial charge in [0.15, 0.2) is 0 Å². The van der Waals surface area contributed by atoms with Gasteiger partial charge in [-0.25, -0.2) is 0 Å². The number of carbonyl (C=O) groups excluding carboxylic acids is 1. The van der Waals surface area contributed by atoms with Crippen LogP contribution >= 0.6 is 23.4 Å². The first kappa shape index (κ1) is 23.2. The monoisotopic (exact) mass is 424 g/mol. The minimum atomic E-state index is -1.36. The van der Waals surface area contributed by atoms with Gasteiger partial charge in [-0.3, -0.25) is 9.69 Å². The Hall–Kier alpha value is -0.0900. The van der Waals surface area contributed by atoms with E-state index in [0.29, 0.717) is 5.92 Å². The second-order valence-corrected chi connectivity index (χ2v) is 9.36. The van der Waals surface area contributed by atoms with Gasteiger partial charge in [0.2, 0.25) is 5.91 Å². The molecule has 0 bridgehead atoms. The number of aliphatic hydroxyl groups is 3. The van der Waals surface area contributed by atoms with Crippen LogP contribution in [0.4, 0.5) is 0 Å². The van der Waals surface area contributed by atoms with Gasteiger partial charge in [-0.15, -0.1) is 23.4 Å². The molecule has 0 aromatic heterocycles. The van der Waals surface area contributed by atoms with Crippen LogP contribution in [-0.4, -0.2) is 93.3 Å². The molecule has 1 amide bonds. The molecular formula is C18H33ClN2O5S. The molecular weight excluding hydrogens is 392 g/mol. The lowest BCUT2D eigenvalue weighted by Gasteiger charge is -2.44. The summed E-state index contributed by atoms with van der Waals surface area (Å²) in [7, 11) is 1.94. The molecule has 158 valence electrons. The Morgan fingerprint density at radius 1 is 1.33 bits per heavy atom. The third-order valence-electron chi connectivity index (χ3n) is 5.63. The fourth-order valence-electron chi connectivity index (χ4n) is 4.11. The number of nitrogens with zero attached hydrogens (tertiary/aromatic N) is 1. The van der Waals surface area contributed by atoms with Crippen LogP contribution in [-0.2, 0) is 9.53 Å². The van der Waals surface area contributed by atoms with Gasteiger partial charge in [0.05, 0.1) is 17.5 Å². The fraction of sp³-hybridized carbons (Fsp3) is 0.944. The number of halogens is 1. The first-order valence-electron chi connectivity index (χ1n) is 9.58. The zero-order chi connectivity index (χ0) is 20.3. The molecule has 2 aliphatic rings. The van der Waals surface area contributed by atoms with E-state index in [0.717, 1.165) is 25.8 Å². The van der Waals surface area contributed by atoms with Crippen molar-refractivity contribution in [1.29, 1.82) is 0 Å². The molecule has 0 aliphatic carbocycles. The molecule has 0 saturated carbocycles. The van der Waals surface area contributed by atoms with Crippen molar-refractivity contribution in [2.75, 3.05) is 19.8 Å². The molecule has 2 saturated heterocycles. The van der Waals surface area contributed by atoms with Crippen LogP contribution in [0.15, 0.2) is 0 Å². The summed E-state index contributed by atoms with van der Waals surface area (Å²) < 4.78 is 5.79. The minimum absolute atomic E-state index is 0.147. The Morgan fingerprint density at radius 2 is 2.00 bits per heavy atom. The van der Waals surface area contributed by atoms with E-state index in [-0.39, 0.29) is 11.9 Å². The lowest BCUT2D eigenvalue weighted by molar-refractivity contribution is -0.205. The van der Waals surface area contributed by atoms with Crippen LogP contribution in [0.2, 0.25) is 0 Å². The number of hydrogen-bond acceptors (Lipinski definition) is 7. The molecule has 0 aromatic rings. The number of rotatable bonds is 7. The number of ether oxygens (including phenoxy) is 1. The van der Waals surface area contributed by atoms with Crippen LogP contribution in [0.3, 0.4) is 0 Å². The highest BCUT2D eigenvalue weighted by atomic mass is 35.5. The topological polar surface area (TPSA) is 102 Å². The third-order valence-corrected chi connectivity index (χ3v) is 6.76. The summed E-state index contributed by atoms with van der Waals surface area (Å²) in [4.78, 5) is 14.9. The molecule has 2 fully saturated rings. The molecule has 2 heterocycles. The number of thioether (sulfide) groups is 1. The van der Waals surface area contributed by atoms with Gasteiger partial charge in [-0.2, -0.15) is 0 Å². The van der Waals surface area contributed by atoms with Crippen molar-refractivity contribution in [3.8, 4) is 0 Å². The summed E-state index contributed by atoms with van der Waals surface area (Å²) in [5.41, 5.74) is -0.702. The van der Waals surface area contributed by atoms with Gasteiger partial charge in [0.1, 0.15) is 29.9 Å². The first-order chi connectivity index (χ1) is 12.7. The number of likely N-dealkylation sites (N-methyl/N-ethyl adjacent to an activating group) is 1. The number of carbonyl (C=O) groups is 1. The molecule has 0 aromatic carbocycles. The highest BCUT2D eigenvalue weighted by Crippen LogP contribution is 2.31. The van der Waals surface area contributed by atoms with Crippen molar-refractivity contribution < 1.29 is 24.9 Å². The Morgan fingerprint density at radius 3 is 2.56 bits per heavy atom. The number of amides is 1. The Bertz CT molecular complexity index is 498. The van der Waals surface area contributed by atoms with E-state index in [1.54, 1.807) is 13.2 Å². The van der Waals surface area contributed by atoms with Gasteiger partial charge >= 0.3 is 0 Å². The lowest BCUT2D eigenvalue weighted by Crippen LogP contribution is -2.65. The number of hydrogen-bond donors (Lipinski definition) is 4. The predicted octanol–water partition coefficient (Wildman–Crippen LogP) is 0.390. The summed E-state index contributed by atoms with van der Waals surface area (Å²) >= 11 is 7.55. The third kappa shape index (κ3) is 5.29. The smallest absolute Gasteiger partial charge is 0.237 e. The van der Waals surface area contributed by atoms with Gasteiger partial charge in [-0.1, -0.05) is 13.3 Å². The fourth-order valence-corrected chi connectivity index (χ4v) is 5.00. The van der Waals surface area contributed by atoms with Crippen molar-refractivity contribution in [3.05, 3.63) is 0 Å². The van der Waals surface area contributed by atoms with Crippen LogP contribution in [0.5, 0.6) is 0 Å². The standard InChI is InChI=1S/C18H33ClN2O5S/c1-5-6-10-7-11(21(3)8-10)17(25)20-12(9(2)19)16-14(23)13(22)15(24)18(26-16)27-4/h9-16,18,22-24H,5-8H2,1-4H3,(H,20,25)/t9-,10+,11-,12-,13-,14+,15+,16?,18+/m1/s1. The summed E-state index contributed by atoms with van der Waals surface area (Å²) in [6.07, 6.45) is -0.0980. The van der Waals surface area contributed by atoms with Crippen molar-refractivity contribution in [3.63, 3.8) is 0 Å². The highest BCUT2D eigenvalue weighted by Gasteiger charge is 2.48. The molecule has 9 heteroatoms. The molecule has 1 unspecified atom stereocenters. The molecule has 9 atom stereocenters. The normalized spacial score (nSPS) is 39.9. The average Bonchev–Trinajstić information content (AvgIpc) is 2.99. The summed E-state index contributed by atoms with van der Waals surface area (Å²) in [5.74, 6) is 0.350. The second-order valence-electron chi connectivity index (χ2n) is 7.73. The molecule has 2 aliphatic heterocycles. The number of nitrogens with one attached hydrogen (secondary N) is 1. The quantitative estimate of drug-likeness (QED) is 0.438. The zero-order valence-corrected chi connectivity index (χ0v) is 18.0. The van der Waals surface area contributed by atoms with E-state index in [1.807, 2.05) is 11.9 Å². The maximum atomic E-state index is 12.9. The van der Waals surface area contributed by atoms with Crippen LogP contribution < -0.4 is 5.32 Å². The molecule has 7 nitrogen and oxygen atoms in total. The van der Waals surface area contributed by atoms with Gasteiger partial charge in [-0.05, 0) is 39.0 Å². The van der Waals surface area contributed by atoms with E-state index in [2.05, 4.69) is 12.2 Å². The van der Waals surface area contributed by atoms with Crippen molar-refractivity contribution in [1.82, 2.24) is 10.2 Å². The SMILES string of the molecule is CCC[C@H]1C[C@H](C(=O)N[C@@H](C2O[C@@H](SC)[C@@H](O)[C@H](O)[C@@H]2O)[C@@H](C)Cl)N(C)C1. The molecule has 2 rings (SSSR count). The van der Waals surface area contributed by atoms with Crippen LogP contribution in [0.1, 0.15) is 33.1 Å². The van der Waals surface area contributed by atoms with Crippen molar-refractivity contribution in [2.24, 2.45) is 5.92 Å². The summed E-state index contributed by atoms with van der Waals surface area (Å²) in [6.45, 7) is 4.74. The molecule has 0 spiro atoms. The van der Waals surface area contributed by atoms with E-state index in [9.17, 15) is 20.1 Å².